The molecule has 6 nitrogen and oxygen atoms in total. The zero-order chi connectivity index (χ0) is 13.1. The van der Waals surface area contributed by atoms with Crippen LogP contribution >= 0.6 is 0 Å². The van der Waals surface area contributed by atoms with Crippen LogP contribution < -0.4 is 16.4 Å². The second kappa shape index (κ2) is 4.87. The van der Waals surface area contributed by atoms with E-state index in [4.69, 9.17) is 5.73 Å². The maximum atomic E-state index is 11.9. The molecule has 0 saturated carbocycles. The first kappa shape index (κ1) is 12.1. The van der Waals surface area contributed by atoms with Crippen LogP contribution in [0.15, 0.2) is 24.3 Å². The van der Waals surface area contributed by atoms with Crippen LogP contribution in [-0.4, -0.2) is 23.8 Å². The van der Waals surface area contributed by atoms with Crippen LogP contribution in [0.3, 0.4) is 0 Å². The van der Waals surface area contributed by atoms with Crippen LogP contribution in [0.5, 0.6) is 0 Å². The number of hydrogen-bond acceptors (Lipinski definition) is 4. The molecular weight excluding hydrogens is 234 g/mol. The lowest BCUT2D eigenvalue weighted by atomic mass is 10.0. The molecule has 0 unspecified atom stereocenters. The molecule has 1 aromatic carbocycles. The Balaban J connectivity index is 2.06. The Morgan fingerprint density at radius 3 is 2.44 bits per heavy atom. The van der Waals surface area contributed by atoms with Crippen molar-refractivity contribution in [2.45, 2.75) is 18.9 Å². The van der Waals surface area contributed by atoms with Gasteiger partial charge in [0.15, 0.2) is 0 Å². The third kappa shape index (κ3) is 2.65. The van der Waals surface area contributed by atoms with Crippen molar-refractivity contribution in [2.24, 2.45) is 0 Å². The Morgan fingerprint density at radius 2 is 1.83 bits per heavy atom. The first-order valence-corrected chi connectivity index (χ1v) is 5.54. The number of hydrogen-bond donors (Lipinski definition) is 3. The fourth-order valence-corrected chi connectivity index (χ4v) is 1.85. The molecule has 0 atom stereocenters. The number of nitrogen functional groups attached to an aromatic ring is 1. The number of piperidine rings is 1. The van der Waals surface area contributed by atoms with Crippen molar-refractivity contribution in [3.8, 4) is 0 Å². The van der Waals surface area contributed by atoms with Gasteiger partial charge in [0.05, 0.1) is 5.56 Å². The van der Waals surface area contributed by atoms with Crippen molar-refractivity contribution in [1.29, 1.82) is 0 Å². The summed E-state index contributed by atoms with van der Waals surface area (Å²) in [4.78, 5) is 34.2. The summed E-state index contributed by atoms with van der Waals surface area (Å²) in [5.41, 5.74) is 6.38. The van der Waals surface area contributed by atoms with Gasteiger partial charge in [-0.2, -0.15) is 0 Å². The summed E-state index contributed by atoms with van der Waals surface area (Å²) in [5, 5.41) is 4.82. The molecule has 4 N–H and O–H groups in total. The number of rotatable bonds is 2. The van der Waals surface area contributed by atoms with E-state index < -0.39 is 6.04 Å². The maximum absolute atomic E-state index is 11.9. The Kier molecular flexibility index (Phi) is 3.27. The number of para-hydroxylation sites is 1. The number of amides is 3. The molecule has 1 heterocycles. The summed E-state index contributed by atoms with van der Waals surface area (Å²) in [7, 11) is 0. The normalized spacial score (nSPS) is 16.2. The smallest absolute Gasteiger partial charge is 0.253 e. The molecule has 18 heavy (non-hydrogen) atoms. The summed E-state index contributed by atoms with van der Waals surface area (Å²) in [6.45, 7) is 0. The predicted molar refractivity (Wildman–Crippen MR) is 64.5 cm³/mol. The van der Waals surface area contributed by atoms with Crippen LogP contribution in [0.1, 0.15) is 23.2 Å². The minimum absolute atomic E-state index is 0.101. The van der Waals surface area contributed by atoms with Gasteiger partial charge in [-0.05, 0) is 12.1 Å². The zero-order valence-corrected chi connectivity index (χ0v) is 9.60. The van der Waals surface area contributed by atoms with E-state index in [2.05, 4.69) is 10.6 Å². The largest absolute Gasteiger partial charge is 0.398 e. The van der Waals surface area contributed by atoms with Gasteiger partial charge >= 0.3 is 0 Å². The average Bonchev–Trinajstić information content (AvgIpc) is 2.27. The third-order valence-electron chi connectivity index (χ3n) is 2.68. The van der Waals surface area contributed by atoms with Gasteiger partial charge in [-0.25, -0.2) is 0 Å². The van der Waals surface area contributed by atoms with E-state index in [0.717, 1.165) is 0 Å². The summed E-state index contributed by atoms with van der Waals surface area (Å²) in [5.74, 6) is -1.13. The molecule has 1 aliphatic rings. The number of nitrogens with two attached hydrogens (primary N) is 1. The Bertz CT molecular complexity index is 497. The quantitative estimate of drug-likeness (QED) is 0.497. The molecular formula is C12H13N3O3. The van der Waals surface area contributed by atoms with Crippen molar-refractivity contribution < 1.29 is 14.4 Å². The predicted octanol–water partition coefficient (Wildman–Crippen LogP) is -0.196. The molecule has 1 saturated heterocycles. The Labute approximate surface area is 104 Å². The third-order valence-corrected chi connectivity index (χ3v) is 2.68. The van der Waals surface area contributed by atoms with E-state index in [1.54, 1.807) is 24.3 Å². The van der Waals surface area contributed by atoms with E-state index in [1.807, 2.05) is 0 Å². The number of carbonyl (C=O) groups is 3. The number of anilines is 1. The molecule has 0 spiro atoms. The van der Waals surface area contributed by atoms with Crippen molar-refractivity contribution in [2.75, 3.05) is 5.73 Å². The van der Waals surface area contributed by atoms with Gasteiger partial charge in [0.1, 0.15) is 0 Å². The van der Waals surface area contributed by atoms with Crippen LogP contribution in [0.25, 0.3) is 0 Å². The molecule has 0 radical (unpaired) electrons. The van der Waals surface area contributed by atoms with Crippen molar-refractivity contribution in [1.82, 2.24) is 10.6 Å². The highest BCUT2D eigenvalue weighted by Crippen LogP contribution is 2.12. The highest BCUT2D eigenvalue weighted by atomic mass is 16.2. The van der Waals surface area contributed by atoms with E-state index in [-0.39, 0.29) is 30.6 Å². The average molecular weight is 247 g/mol. The maximum Gasteiger partial charge on any atom is 0.253 e. The van der Waals surface area contributed by atoms with E-state index in [9.17, 15) is 14.4 Å². The molecule has 94 valence electrons. The highest BCUT2D eigenvalue weighted by Gasteiger charge is 2.26. The van der Waals surface area contributed by atoms with Gasteiger partial charge in [0.25, 0.3) is 5.91 Å². The number of benzene rings is 1. The van der Waals surface area contributed by atoms with Crippen LogP contribution in [-0.2, 0) is 9.59 Å². The standard InChI is InChI=1S/C12H13N3O3/c13-9-4-2-1-3-8(9)12(18)14-7-5-10(16)15-11(17)6-7/h1-4,7H,5-6,13H2,(H,14,18)(H,15,16,17). The Hall–Kier alpha value is -2.37. The lowest BCUT2D eigenvalue weighted by Gasteiger charge is -2.22. The lowest BCUT2D eigenvalue weighted by Crippen LogP contribution is -2.48. The molecule has 6 heteroatoms. The highest BCUT2D eigenvalue weighted by molar-refractivity contribution is 6.02. The number of nitrogens with one attached hydrogen (secondary N) is 2. The monoisotopic (exact) mass is 247 g/mol. The molecule has 1 aliphatic heterocycles. The van der Waals surface area contributed by atoms with Gasteiger partial charge in [0, 0.05) is 24.6 Å². The summed E-state index contributed by atoms with van der Waals surface area (Å²) in [6, 6.07) is 6.16. The zero-order valence-electron chi connectivity index (χ0n) is 9.60. The fraction of sp³-hybridized carbons (Fsp3) is 0.250. The SMILES string of the molecule is Nc1ccccc1C(=O)NC1CC(=O)NC(=O)C1. The van der Waals surface area contributed by atoms with Crippen molar-refractivity contribution in [3.05, 3.63) is 29.8 Å². The summed E-state index contributed by atoms with van der Waals surface area (Å²) in [6.07, 6.45) is 0.203. The summed E-state index contributed by atoms with van der Waals surface area (Å²) >= 11 is 0. The van der Waals surface area contributed by atoms with Gasteiger partial charge < -0.3 is 11.1 Å². The van der Waals surface area contributed by atoms with Gasteiger partial charge in [-0.15, -0.1) is 0 Å². The Morgan fingerprint density at radius 1 is 1.22 bits per heavy atom. The first-order valence-electron chi connectivity index (χ1n) is 5.54. The van der Waals surface area contributed by atoms with Gasteiger partial charge in [-0.3, -0.25) is 19.7 Å². The van der Waals surface area contributed by atoms with Crippen molar-refractivity contribution >= 4 is 23.4 Å². The minimum Gasteiger partial charge on any atom is -0.398 e. The molecule has 0 aliphatic carbocycles. The molecule has 1 fully saturated rings. The lowest BCUT2D eigenvalue weighted by molar-refractivity contribution is -0.133. The molecule has 1 aromatic rings. The fourth-order valence-electron chi connectivity index (χ4n) is 1.85. The van der Waals surface area contributed by atoms with Crippen LogP contribution in [0.4, 0.5) is 5.69 Å². The second-order valence-electron chi connectivity index (χ2n) is 4.14. The molecule has 0 bridgehead atoms. The second-order valence-corrected chi connectivity index (χ2v) is 4.14. The van der Waals surface area contributed by atoms with Gasteiger partial charge in [-0.1, -0.05) is 12.1 Å². The first-order chi connectivity index (χ1) is 8.56. The van der Waals surface area contributed by atoms with Crippen LogP contribution in [0.2, 0.25) is 0 Å². The van der Waals surface area contributed by atoms with Crippen LogP contribution in [0, 0.1) is 0 Å². The number of carbonyl (C=O) groups excluding carboxylic acids is 3. The molecule has 2 rings (SSSR count). The molecule has 3 amide bonds. The number of imide groups is 1. The minimum atomic E-state index is -0.474. The van der Waals surface area contributed by atoms with Gasteiger partial charge in [0.2, 0.25) is 11.8 Å². The van der Waals surface area contributed by atoms with Crippen molar-refractivity contribution in [3.63, 3.8) is 0 Å². The summed E-state index contributed by atoms with van der Waals surface area (Å²) < 4.78 is 0. The topological polar surface area (TPSA) is 101 Å². The van der Waals surface area contributed by atoms with E-state index in [1.165, 1.54) is 0 Å². The molecule has 0 aromatic heterocycles. The van der Waals surface area contributed by atoms with E-state index >= 15 is 0 Å². The van der Waals surface area contributed by atoms with E-state index in [0.29, 0.717) is 11.3 Å².